The topological polar surface area (TPSA) is 55.7 Å². The van der Waals surface area contributed by atoms with Crippen molar-refractivity contribution in [2.45, 2.75) is 91.8 Å². The zero-order chi connectivity index (χ0) is 25.5. The van der Waals surface area contributed by atoms with Crippen molar-refractivity contribution in [3.05, 3.63) is 30.0 Å². The largest absolute Gasteiger partial charge is 0.490 e. The summed E-state index contributed by atoms with van der Waals surface area (Å²) in [7, 11) is -0.930. The SMILES string of the molecule is CC(C)N1CCC(Oc2ccc3c(c2)cc2n3[C@H](C(O[Si](C)C)C(C)(C)C(C)C)CNC2=O)CC1. The molecular weight excluding hydrogens is 454 g/mol. The third-order valence-electron chi connectivity index (χ3n) is 8.29. The molecule has 193 valence electrons. The maximum absolute atomic E-state index is 12.9. The van der Waals surface area contributed by atoms with Crippen molar-refractivity contribution in [3.8, 4) is 5.75 Å². The normalized spacial score (nSPS) is 21.1. The van der Waals surface area contributed by atoms with Gasteiger partial charge in [0.2, 0.25) is 9.04 Å². The summed E-state index contributed by atoms with van der Waals surface area (Å²) in [5.41, 5.74) is 1.75. The summed E-state index contributed by atoms with van der Waals surface area (Å²) in [6.45, 7) is 20.8. The summed E-state index contributed by atoms with van der Waals surface area (Å²) >= 11 is 0. The third-order valence-corrected chi connectivity index (χ3v) is 9.01. The van der Waals surface area contributed by atoms with E-state index in [1.807, 2.05) is 6.07 Å². The average Bonchev–Trinajstić information content (AvgIpc) is 3.18. The highest BCUT2D eigenvalue weighted by Gasteiger charge is 2.43. The molecule has 1 radical (unpaired) electrons. The second kappa shape index (κ2) is 10.3. The quantitative estimate of drug-likeness (QED) is 0.489. The molecule has 2 aliphatic heterocycles. The fourth-order valence-corrected chi connectivity index (χ4v) is 6.42. The molecule has 0 saturated carbocycles. The predicted octanol–water partition coefficient (Wildman–Crippen LogP) is 5.50. The van der Waals surface area contributed by atoms with Crippen LogP contribution in [0.25, 0.3) is 10.9 Å². The summed E-state index contributed by atoms with van der Waals surface area (Å²) < 4.78 is 15.3. The first-order valence-corrected chi connectivity index (χ1v) is 15.7. The molecule has 1 amide bonds. The molecular formula is C28H44N3O3Si. The zero-order valence-corrected chi connectivity index (χ0v) is 23.9. The molecule has 0 aliphatic carbocycles. The number of hydrogen-bond acceptors (Lipinski definition) is 4. The Morgan fingerprint density at radius 1 is 1.09 bits per heavy atom. The lowest BCUT2D eigenvalue weighted by Crippen LogP contribution is -2.51. The van der Waals surface area contributed by atoms with Gasteiger partial charge in [-0.05, 0) is 75.4 Å². The number of fused-ring (bicyclic) bond motifs is 3. The van der Waals surface area contributed by atoms with E-state index in [-0.39, 0.29) is 29.6 Å². The molecule has 1 unspecified atom stereocenters. The van der Waals surface area contributed by atoms with E-state index < -0.39 is 9.04 Å². The lowest BCUT2D eigenvalue weighted by molar-refractivity contribution is -0.00399. The first-order chi connectivity index (χ1) is 16.5. The first-order valence-electron chi connectivity index (χ1n) is 13.3. The van der Waals surface area contributed by atoms with Crippen LogP contribution >= 0.6 is 0 Å². The molecule has 0 spiro atoms. The average molecular weight is 499 g/mol. The van der Waals surface area contributed by atoms with Gasteiger partial charge in [-0.3, -0.25) is 4.79 Å². The molecule has 4 rings (SSSR count). The van der Waals surface area contributed by atoms with E-state index >= 15 is 0 Å². The molecule has 7 heteroatoms. The predicted molar refractivity (Wildman–Crippen MR) is 145 cm³/mol. The van der Waals surface area contributed by atoms with E-state index in [9.17, 15) is 4.79 Å². The second-order valence-corrected chi connectivity index (χ2v) is 13.8. The number of ether oxygens (including phenoxy) is 1. The van der Waals surface area contributed by atoms with Crippen molar-refractivity contribution in [2.75, 3.05) is 19.6 Å². The highest BCUT2D eigenvalue weighted by atomic mass is 28.3. The summed E-state index contributed by atoms with van der Waals surface area (Å²) in [6.07, 6.45) is 2.35. The smallest absolute Gasteiger partial charge is 0.268 e. The molecule has 1 aromatic heterocycles. The summed E-state index contributed by atoms with van der Waals surface area (Å²) in [4.78, 5) is 15.4. The second-order valence-electron chi connectivity index (χ2n) is 11.8. The zero-order valence-electron chi connectivity index (χ0n) is 22.9. The number of carbonyl (C=O) groups is 1. The lowest BCUT2D eigenvalue weighted by atomic mass is 9.73. The first kappa shape index (κ1) is 26.2. The summed E-state index contributed by atoms with van der Waals surface area (Å²) in [5, 5.41) is 4.20. The number of piperidine rings is 1. The van der Waals surface area contributed by atoms with Gasteiger partial charge in [-0.1, -0.05) is 27.7 Å². The van der Waals surface area contributed by atoms with E-state index in [4.69, 9.17) is 9.16 Å². The monoisotopic (exact) mass is 498 g/mol. The fourth-order valence-electron chi connectivity index (χ4n) is 5.45. The molecule has 0 bridgehead atoms. The highest BCUT2D eigenvalue weighted by Crippen LogP contribution is 2.41. The number of carbonyl (C=O) groups excluding carboxylic acids is 1. The minimum absolute atomic E-state index is 0.00315. The van der Waals surface area contributed by atoms with Gasteiger partial charge in [0.25, 0.3) is 5.91 Å². The molecule has 2 aromatic rings. The van der Waals surface area contributed by atoms with Crippen molar-refractivity contribution < 1.29 is 14.0 Å². The lowest BCUT2D eigenvalue weighted by Gasteiger charge is -2.45. The maximum atomic E-state index is 12.9. The van der Waals surface area contributed by atoms with Gasteiger partial charge in [-0.15, -0.1) is 0 Å². The standard InChI is InChI=1S/C28H44N3O3Si/c1-18(2)28(5,6)26(34-35(7)8)25-17-29-27(32)24-16-20-15-22(9-10-23(20)31(24)25)33-21-11-13-30(14-12-21)19(3)4/h9-10,15-16,18-19,21,25-26H,11-14,17H2,1-8H3,(H,29,32)/t25-,26?/m0/s1. The van der Waals surface area contributed by atoms with E-state index in [0.29, 0.717) is 24.2 Å². The van der Waals surface area contributed by atoms with Crippen LogP contribution in [-0.2, 0) is 4.43 Å². The molecule has 6 nitrogen and oxygen atoms in total. The van der Waals surface area contributed by atoms with Gasteiger partial charge in [-0.2, -0.15) is 0 Å². The fraction of sp³-hybridized carbons (Fsp3) is 0.679. The number of benzene rings is 1. The van der Waals surface area contributed by atoms with Gasteiger partial charge in [-0.25, -0.2) is 0 Å². The number of hydrogen-bond donors (Lipinski definition) is 1. The van der Waals surface area contributed by atoms with Crippen LogP contribution in [0.15, 0.2) is 24.3 Å². The Hall–Kier alpha value is -1.83. The Morgan fingerprint density at radius 3 is 2.37 bits per heavy atom. The number of nitrogens with one attached hydrogen (secondary N) is 1. The van der Waals surface area contributed by atoms with Crippen LogP contribution in [0.3, 0.4) is 0 Å². The minimum atomic E-state index is -0.930. The van der Waals surface area contributed by atoms with Crippen LogP contribution in [0.4, 0.5) is 0 Å². The number of nitrogens with zero attached hydrogens (tertiary/aromatic N) is 2. The Morgan fingerprint density at radius 2 is 1.77 bits per heavy atom. The van der Waals surface area contributed by atoms with Crippen molar-refractivity contribution in [3.63, 3.8) is 0 Å². The van der Waals surface area contributed by atoms with E-state index in [2.05, 4.69) is 87.6 Å². The van der Waals surface area contributed by atoms with Crippen molar-refractivity contribution in [1.29, 1.82) is 0 Å². The van der Waals surface area contributed by atoms with Gasteiger partial charge in [0.15, 0.2) is 0 Å². The Kier molecular flexibility index (Phi) is 7.70. The summed E-state index contributed by atoms with van der Waals surface area (Å²) in [6, 6.07) is 8.97. The Labute approximate surface area is 213 Å². The highest BCUT2D eigenvalue weighted by molar-refractivity contribution is 6.48. The van der Waals surface area contributed by atoms with Crippen LogP contribution < -0.4 is 10.1 Å². The van der Waals surface area contributed by atoms with Gasteiger partial charge < -0.3 is 23.9 Å². The minimum Gasteiger partial charge on any atom is -0.490 e. The van der Waals surface area contributed by atoms with Crippen LogP contribution in [0.2, 0.25) is 13.1 Å². The van der Waals surface area contributed by atoms with Crippen molar-refractivity contribution >= 4 is 25.9 Å². The van der Waals surface area contributed by atoms with Gasteiger partial charge >= 0.3 is 0 Å². The van der Waals surface area contributed by atoms with Crippen LogP contribution in [0.1, 0.15) is 70.9 Å². The van der Waals surface area contributed by atoms with Crippen molar-refractivity contribution in [1.82, 2.24) is 14.8 Å². The Balaban J connectivity index is 1.64. The third kappa shape index (κ3) is 5.32. The van der Waals surface area contributed by atoms with Gasteiger partial charge in [0, 0.05) is 36.6 Å². The number of rotatable bonds is 8. The molecule has 2 atom stereocenters. The summed E-state index contributed by atoms with van der Waals surface area (Å²) in [5.74, 6) is 1.32. The number of aromatic nitrogens is 1. The van der Waals surface area contributed by atoms with Crippen LogP contribution in [0.5, 0.6) is 5.75 Å². The molecule has 3 heterocycles. The number of amides is 1. The molecule has 35 heavy (non-hydrogen) atoms. The van der Waals surface area contributed by atoms with Gasteiger partial charge in [0.1, 0.15) is 17.5 Å². The van der Waals surface area contributed by atoms with Gasteiger partial charge in [0.05, 0.1) is 12.1 Å². The number of likely N-dealkylation sites (tertiary alicyclic amines) is 1. The molecule has 1 N–H and O–H groups in total. The maximum Gasteiger partial charge on any atom is 0.268 e. The molecule has 1 fully saturated rings. The molecule has 2 aliphatic rings. The van der Waals surface area contributed by atoms with E-state index in [0.717, 1.165) is 42.6 Å². The molecule has 1 saturated heterocycles. The van der Waals surface area contributed by atoms with Crippen LogP contribution in [0, 0.1) is 11.3 Å². The van der Waals surface area contributed by atoms with E-state index in [1.165, 1.54) is 0 Å². The van der Waals surface area contributed by atoms with Crippen LogP contribution in [-0.4, -0.2) is 62.3 Å². The van der Waals surface area contributed by atoms with E-state index in [1.54, 1.807) is 0 Å². The molecule has 1 aromatic carbocycles. The van der Waals surface area contributed by atoms with Crippen molar-refractivity contribution in [2.24, 2.45) is 11.3 Å². The Bertz CT molecular complexity index is 1040.